The quantitative estimate of drug-likeness (QED) is 0.567. The van der Waals surface area contributed by atoms with E-state index < -0.39 is 5.91 Å². The Morgan fingerprint density at radius 3 is 2.33 bits per heavy atom. The van der Waals surface area contributed by atoms with Crippen molar-refractivity contribution < 1.29 is 23.7 Å². The van der Waals surface area contributed by atoms with Crippen molar-refractivity contribution >= 4 is 12.0 Å². The van der Waals surface area contributed by atoms with E-state index >= 15 is 0 Å². The number of amides is 1. The number of hydrogen-bond donors (Lipinski definition) is 1. The molecule has 0 aliphatic heterocycles. The van der Waals surface area contributed by atoms with Crippen molar-refractivity contribution in [2.24, 2.45) is 5.73 Å². The fourth-order valence-electron chi connectivity index (χ4n) is 2.37. The highest BCUT2D eigenvalue weighted by Crippen LogP contribution is 2.31. The number of nitrogens with zero attached hydrogens (tertiary/aromatic N) is 1. The molecule has 7 heteroatoms. The first-order valence-electron chi connectivity index (χ1n) is 7.95. The van der Waals surface area contributed by atoms with Gasteiger partial charge in [0.2, 0.25) is 0 Å². The van der Waals surface area contributed by atoms with Crippen LogP contribution in [0, 0.1) is 11.3 Å². The fraction of sp³-hybridized carbons (Fsp3) is 0.200. The molecule has 0 aliphatic rings. The fourth-order valence-corrected chi connectivity index (χ4v) is 2.37. The van der Waals surface area contributed by atoms with E-state index in [4.69, 9.17) is 29.9 Å². The van der Waals surface area contributed by atoms with E-state index in [1.54, 1.807) is 50.6 Å². The Morgan fingerprint density at radius 2 is 1.74 bits per heavy atom. The second kappa shape index (κ2) is 9.15. The molecule has 0 radical (unpaired) electrons. The highest BCUT2D eigenvalue weighted by molar-refractivity contribution is 6.00. The van der Waals surface area contributed by atoms with E-state index in [1.807, 2.05) is 6.07 Å². The number of carbonyl (C=O) groups excluding carboxylic acids is 1. The van der Waals surface area contributed by atoms with Gasteiger partial charge in [-0.2, -0.15) is 5.26 Å². The van der Waals surface area contributed by atoms with Gasteiger partial charge in [0.05, 0.1) is 21.3 Å². The first-order chi connectivity index (χ1) is 13.0. The average molecular weight is 368 g/mol. The van der Waals surface area contributed by atoms with E-state index in [9.17, 15) is 4.79 Å². The number of hydrogen-bond acceptors (Lipinski definition) is 6. The van der Waals surface area contributed by atoms with Gasteiger partial charge in [-0.25, -0.2) is 0 Å². The Balaban J connectivity index is 2.25. The van der Waals surface area contributed by atoms with Crippen molar-refractivity contribution in [3.63, 3.8) is 0 Å². The normalized spacial score (nSPS) is 10.7. The van der Waals surface area contributed by atoms with Gasteiger partial charge in [-0.1, -0.05) is 6.07 Å². The Kier molecular flexibility index (Phi) is 6.67. The maximum Gasteiger partial charge on any atom is 0.259 e. The summed E-state index contributed by atoms with van der Waals surface area (Å²) in [6, 6.07) is 12.2. The molecule has 0 fully saturated rings. The van der Waals surface area contributed by atoms with Crippen molar-refractivity contribution in [1.82, 2.24) is 0 Å². The lowest BCUT2D eigenvalue weighted by Crippen LogP contribution is -2.12. The van der Waals surface area contributed by atoms with E-state index in [0.29, 0.717) is 28.6 Å². The summed E-state index contributed by atoms with van der Waals surface area (Å²) < 4.78 is 21.8. The monoisotopic (exact) mass is 368 g/mol. The van der Waals surface area contributed by atoms with Crippen LogP contribution < -0.4 is 24.7 Å². The summed E-state index contributed by atoms with van der Waals surface area (Å²) in [4.78, 5) is 11.2. The molecule has 0 heterocycles. The predicted molar refractivity (Wildman–Crippen MR) is 99.7 cm³/mol. The number of benzene rings is 2. The molecule has 2 rings (SSSR count). The predicted octanol–water partition coefficient (Wildman–Crippen LogP) is 2.68. The van der Waals surface area contributed by atoms with Gasteiger partial charge in [-0.3, -0.25) is 4.79 Å². The molecule has 2 aromatic carbocycles. The molecule has 27 heavy (non-hydrogen) atoms. The number of primary amides is 1. The molecule has 2 aromatic rings. The number of nitrogens with two attached hydrogens (primary N) is 1. The maximum absolute atomic E-state index is 11.2. The zero-order valence-electron chi connectivity index (χ0n) is 15.3. The molecule has 0 aromatic heterocycles. The average Bonchev–Trinajstić information content (AvgIpc) is 2.70. The third kappa shape index (κ3) is 4.92. The lowest BCUT2D eigenvalue weighted by molar-refractivity contribution is -0.114. The Bertz CT molecular complexity index is 900. The van der Waals surface area contributed by atoms with Crippen LogP contribution in [0.25, 0.3) is 6.08 Å². The second-order valence-corrected chi connectivity index (χ2v) is 5.41. The van der Waals surface area contributed by atoms with Gasteiger partial charge in [0.25, 0.3) is 5.91 Å². The standard InChI is InChI=1S/C20H20N2O5/c1-24-16-5-7-17(25-2)15(10-16)12-27-18-6-4-13(9-19(18)26-3)8-14(11-21)20(22)23/h4-10H,12H2,1-3H3,(H2,22,23)/b14-8+. The van der Waals surface area contributed by atoms with Crippen molar-refractivity contribution in [3.8, 4) is 29.1 Å². The molecule has 7 nitrogen and oxygen atoms in total. The summed E-state index contributed by atoms with van der Waals surface area (Å²) >= 11 is 0. The van der Waals surface area contributed by atoms with Crippen LogP contribution in [0.1, 0.15) is 11.1 Å². The molecule has 2 N–H and O–H groups in total. The van der Waals surface area contributed by atoms with Crippen LogP contribution in [-0.2, 0) is 11.4 Å². The number of carbonyl (C=O) groups is 1. The smallest absolute Gasteiger partial charge is 0.259 e. The molecule has 0 bridgehead atoms. The molecule has 0 saturated carbocycles. The Morgan fingerprint density at radius 1 is 1.04 bits per heavy atom. The molecule has 140 valence electrons. The van der Waals surface area contributed by atoms with Crippen molar-refractivity contribution in [2.75, 3.05) is 21.3 Å². The maximum atomic E-state index is 11.2. The number of rotatable bonds is 8. The van der Waals surface area contributed by atoms with Crippen LogP contribution in [0.4, 0.5) is 0 Å². The van der Waals surface area contributed by atoms with Crippen LogP contribution >= 0.6 is 0 Å². The second-order valence-electron chi connectivity index (χ2n) is 5.41. The number of nitriles is 1. The minimum absolute atomic E-state index is 0.146. The molecule has 1 amide bonds. The molecule has 0 saturated heterocycles. The summed E-state index contributed by atoms with van der Waals surface area (Å²) in [5.41, 5.74) is 6.40. The minimum atomic E-state index is -0.790. The molecule has 0 aliphatic carbocycles. The lowest BCUT2D eigenvalue weighted by Gasteiger charge is -2.14. The summed E-state index contributed by atoms with van der Waals surface area (Å²) in [6.07, 6.45) is 1.39. The van der Waals surface area contributed by atoms with Crippen LogP contribution in [0.3, 0.4) is 0 Å². The summed E-state index contributed by atoms with van der Waals surface area (Å²) in [5, 5.41) is 8.94. The van der Waals surface area contributed by atoms with E-state index in [0.717, 1.165) is 5.56 Å². The molecule has 0 unspecified atom stereocenters. The van der Waals surface area contributed by atoms with E-state index in [-0.39, 0.29) is 12.2 Å². The largest absolute Gasteiger partial charge is 0.497 e. The molecule has 0 spiro atoms. The SMILES string of the molecule is COc1ccc(OC)c(COc2ccc(/C=C(\C#N)C(N)=O)cc2OC)c1. The van der Waals surface area contributed by atoms with Gasteiger partial charge in [-0.15, -0.1) is 0 Å². The van der Waals surface area contributed by atoms with Gasteiger partial charge >= 0.3 is 0 Å². The number of ether oxygens (including phenoxy) is 4. The Hall–Kier alpha value is -3.66. The van der Waals surface area contributed by atoms with Crippen molar-refractivity contribution in [2.45, 2.75) is 6.61 Å². The van der Waals surface area contributed by atoms with Crippen LogP contribution in [0.15, 0.2) is 42.0 Å². The third-order valence-corrected chi connectivity index (χ3v) is 3.76. The lowest BCUT2D eigenvalue weighted by atomic mass is 10.1. The molecular weight excluding hydrogens is 348 g/mol. The minimum Gasteiger partial charge on any atom is -0.497 e. The first-order valence-corrected chi connectivity index (χ1v) is 7.95. The third-order valence-electron chi connectivity index (χ3n) is 3.76. The molecule has 0 atom stereocenters. The van der Waals surface area contributed by atoms with Crippen LogP contribution in [0.2, 0.25) is 0 Å². The summed E-state index contributed by atoms with van der Waals surface area (Å²) in [6.45, 7) is 0.233. The number of methoxy groups -OCH3 is 3. The Labute approximate surface area is 157 Å². The van der Waals surface area contributed by atoms with Gasteiger partial charge in [0.15, 0.2) is 11.5 Å². The molecular formula is C20H20N2O5. The first kappa shape index (κ1) is 19.7. The van der Waals surface area contributed by atoms with E-state index in [1.165, 1.54) is 13.2 Å². The highest BCUT2D eigenvalue weighted by Gasteiger charge is 2.11. The van der Waals surface area contributed by atoms with Gasteiger partial charge in [0, 0.05) is 5.56 Å². The van der Waals surface area contributed by atoms with Crippen LogP contribution in [-0.4, -0.2) is 27.2 Å². The summed E-state index contributed by atoms with van der Waals surface area (Å²) in [5.74, 6) is 1.53. The van der Waals surface area contributed by atoms with E-state index in [2.05, 4.69) is 0 Å². The highest BCUT2D eigenvalue weighted by atomic mass is 16.5. The summed E-state index contributed by atoms with van der Waals surface area (Å²) in [7, 11) is 4.67. The zero-order valence-corrected chi connectivity index (χ0v) is 15.3. The van der Waals surface area contributed by atoms with Gasteiger partial charge < -0.3 is 24.7 Å². The van der Waals surface area contributed by atoms with Crippen molar-refractivity contribution in [3.05, 3.63) is 53.1 Å². The van der Waals surface area contributed by atoms with Gasteiger partial charge in [0.1, 0.15) is 29.7 Å². The van der Waals surface area contributed by atoms with Crippen LogP contribution in [0.5, 0.6) is 23.0 Å². The van der Waals surface area contributed by atoms with Gasteiger partial charge in [-0.05, 0) is 42.0 Å². The van der Waals surface area contributed by atoms with Crippen molar-refractivity contribution in [1.29, 1.82) is 5.26 Å². The zero-order chi connectivity index (χ0) is 19.8. The topological polar surface area (TPSA) is 104 Å².